The molecule has 0 aliphatic carbocycles. The van der Waals surface area contributed by atoms with Crippen LogP contribution < -0.4 is 4.74 Å². The van der Waals surface area contributed by atoms with Crippen molar-refractivity contribution in [2.75, 3.05) is 27.2 Å². The molecule has 4 heteroatoms. The van der Waals surface area contributed by atoms with E-state index in [0.717, 1.165) is 34.4 Å². The van der Waals surface area contributed by atoms with E-state index in [1.807, 2.05) is 0 Å². The van der Waals surface area contributed by atoms with Crippen molar-refractivity contribution < 1.29 is 4.74 Å². The number of nitrogens with zero attached hydrogens (tertiary/aromatic N) is 1. The lowest BCUT2D eigenvalue weighted by Crippen LogP contribution is -2.19. The molecule has 0 fully saturated rings. The minimum atomic E-state index is 0.645. The lowest BCUT2D eigenvalue weighted by atomic mass is 10.1. The van der Waals surface area contributed by atoms with E-state index in [9.17, 15) is 0 Å². The molecule has 4 nitrogen and oxygen atoms in total. The van der Waals surface area contributed by atoms with Gasteiger partial charge in [0.25, 0.3) is 0 Å². The van der Waals surface area contributed by atoms with Crippen molar-refractivity contribution in [3.05, 3.63) is 54.6 Å². The van der Waals surface area contributed by atoms with E-state index in [1.54, 1.807) is 0 Å². The zero-order chi connectivity index (χ0) is 17.7. The molecule has 0 atom stereocenters. The molecule has 26 heavy (non-hydrogen) atoms. The lowest BCUT2D eigenvalue weighted by molar-refractivity contribution is 0.265. The van der Waals surface area contributed by atoms with Gasteiger partial charge in [0.1, 0.15) is 6.61 Å². The summed E-state index contributed by atoms with van der Waals surface area (Å²) in [5, 5.41) is 4.87. The minimum Gasteiger partial charge on any atom is -0.488 e. The van der Waals surface area contributed by atoms with Crippen molar-refractivity contribution in [2.45, 2.75) is 0 Å². The summed E-state index contributed by atoms with van der Waals surface area (Å²) < 4.78 is 6.30. The zero-order valence-electron chi connectivity index (χ0n) is 15.0. The average Bonchev–Trinajstić information content (AvgIpc) is 3.19. The maximum Gasteiger partial charge on any atom is 0.167 e. The standard InChI is InChI=1S/C22H21N3O/c1-25(2)11-12-26-22-20-16(14-7-3-5-9-18(14)23-20)13-17-15-8-4-6-10-19(15)24-21(17)22/h3-10,13,23-24H,11-12H2,1-2H3. The molecule has 0 saturated heterocycles. The van der Waals surface area contributed by atoms with Crippen LogP contribution in [0.5, 0.6) is 5.75 Å². The number of nitrogens with one attached hydrogen (secondary N) is 2. The number of rotatable bonds is 4. The molecule has 3 aromatic carbocycles. The Labute approximate surface area is 151 Å². The smallest absolute Gasteiger partial charge is 0.167 e. The predicted octanol–water partition coefficient (Wildman–Crippen LogP) is 4.90. The van der Waals surface area contributed by atoms with Crippen LogP contribution in [0.4, 0.5) is 0 Å². The Kier molecular flexibility index (Phi) is 3.40. The molecule has 0 unspecified atom stereocenters. The monoisotopic (exact) mass is 343 g/mol. The fourth-order valence-electron chi connectivity index (χ4n) is 3.73. The highest BCUT2D eigenvalue weighted by Crippen LogP contribution is 2.40. The number of aromatic amines is 2. The summed E-state index contributed by atoms with van der Waals surface area (Å²) in [7, 11) is 4.12. The number of para-hydroxylation sites is 2. The number of hydrogen-bond acceptors (Lipinski definition) is 2. The van der Waals surface area contributed by atoms with Crippen LogP contribution in [0.2, 0.25) is 0 Å². The van der Waals surface area contributed by atoms with Crippen LogP contribution >= 0.6 is 0 Å². The van der Waals surface area contributed by atoms with Gasteiger partial charge in [-0.3, -0.25) is 0 Å². The topological polar surface area (TPSA) is 44.0 Å². The van der Waals surface area contributed by atoms with E-state index in [1.165, 1.54) is 21.5 Å². The molecule has 0 aliphatic rings. The molecule has 0 amide bonds. The third-order valence-electron chi connectivity index (χ3n) is 5.02. The first-order chi connectivity index (χ1) is 12.7. The highest BCUT2D eigenvalue weighted by atomic mass is 16.5. The number of likely N-dealkylation sites (N-methyl/N-ethyl adjacent to an activating group) is 1. The summed E-state index contributed by atoms with van der Waals surface area (Å²) in [5.41, 5.74) is 4.39. The summed E-state index contributed by atoms with van der Waals surface area (Å²) in [6.45, 7) is 1.52. The van der Waals surface area contributed by atoms with Crippen LogP contribution in [0.15, 0.2) is 54.6 Å². The van der Waals surface area contributed by atoms with Gasteiger partial charge >= 0.3 is 0 Å². The zero-order valence-corrected chi connectivity index (χ0v) is 15.0. The molecule has 5 rings (SSSR count). The Bertz CT molecular complexity index is 1160. The van der Waals surface area contributed by atoms with Gasteiger partial charge in [-0.05, 0) is 32.3 Å². The quantitative estimate of drug-likeness (QED) is 0.488. The SMILES string of the molecule is CN(C)CCOc1c2[nH]c3ccccc3c2cc2c1[nH]c1ccccc12. The molecule has 2 N–H and O–H groups in total. The molecule has 0 bridgehead atoms. The van der Waals surface area contributed by atoms with Gasteiger partial charge in [0, 0.05) is 39.1 Å². The van der Waals surface area contributed by atoms with Gasteiger partial charge < -0.3 is 19.6 Å². The Morgan fingerprint density at radius 3 is 1.85 bits per heavy atom. The van der Waals surface area contributed by atoms with Crippen molar-refractivity contribution in [2.24, 2.45) is 0 Å². The second-order valence-electron chi connectivity index (χ2n) is 7.04. The van der Waals surface area contributed by atoms with Crippen molar-refractivity contribution in [3.8, 4) is 5.75 Å². The highest BCUT2D eigenvalue weighted by Gasteiger charge is 2.17. The van der Waals surface area contributed by atoms with Crippen LogP contribution in [0.25, 0.3) is 43.6 Å². The molecule has 2 heterocycles. The van der Waals surface area contributed by atoms with Crippen LogP contribution in [-0.4, -0.2) is 42.1 Å². The fourth-order valence-corrected chi connectivity index (χ4v) is 3.73. The largest absolute Gasteiger partial charge is 0.488 e. The number of ether oxygens (including phenoxy) is 1. The third-order valence-corrected chi connectivity index (χ3v) is 5.02. The number of aromatic nitrogens is 2. The second-order valence-corrected chi connectivity index (χ2v) is 7.04. The minimum absolute atomic E-state index is 0.645. The molecule has 5 aromatic rings. The number of benzene rings is 3. The highest BCUT2D eigenvalue weighted by molar-refractivity contribution is 6.20. The van der Waals surface area contributed by atoms with E-state index >= 15 is 0 Å². The van der Waals surface area contributed by atoms with Crippen molar-refractivity contribution >= 4 is 43.6 Å². The van der Waals surface area contributed by atoms with E-state index < -0.39 is 0 Å². The van der Waals surface area contributed by atoms with Crippen LogP contribution in [0.3, 0.4) is 0 Å². The van der Waals surface area contributed by atoms with Crippen molar-refractivity contribution in [3.63, 3.8) is 0 Å². The van der Waals surface area contributed by atoms with E-state index in [4.69, 9.17) is 4.74 Å². The Morgan fingerprint density at radius 1 is 0.769 bits per heavy atom. The van der Waals surface area contributed by atoms with E-state index in [0.29, 0.717) is 6.61 Å². The van der Waals surface area contributed by atoms with Gasteiger partial charge in [-0.15, -0.1) is 0 Å². The van der Waals surface area contributed by atoms with Gasteiger partial charge in [0.2, 0.25) is 0 Å². The Balaban J connectivity index is 1.85. The van der Waals surface area contributed by atoms with Crippen LogP contribution in [-0.2, 0) is 0 Å². The van der Waals surface area contributed by atoms with Gasteiger partial charge in [-0.25, -0.2) is 0 Å². The number of hydrogen-bond donors (Lipinski definition) is 2. The van der Waals surface area contributed by atoms with Gasteiger partial charge in [0.15, 0.2) is 5.75 Å². The second kappa shape index (κ2) is 5.78. The van der Waals surface area contributed by atoms with Crippen molar-refractivity contribution in [1.29, 1.82) is 0 Å². The van der Waals surface area contributed by atoms with Gasteiger partial charge in [-0.1, -0.05) is 36.4 Å². The fraction of sp³-hybridized carbons (Fsp3) is 0.182. The normalized spacial score (nSPS) is 12.1. The maximum absolute atomic E-state index is 6.30. The number of fused-ring (bicyclic) bond motifs is 6. The first-order valence-electron chi connectivity index (χ1n) is 8.94. The summed E-state index contributed by atoms with van der Waals surface area (Å²) in [6, 6.07) is 19.1. The molecular formula is C22H21N3O. The lowest BCUT2D eigenvalue weighted by Gasteiger charge is -2.12. The molecule has 0 aliphatic heterocycles. The first-order valence-corrected chi connectivity index (χ1v) is 8.94. The molecule has 2 aromatic heterocycles. The summed E-state index contributed by atoms with van der Waals surface area (Å²) in [4.78, 5) is 9.26. The third kappa shape index (κ3) is 2.26. The van der Waals surface area contributed by atoms with Crippen molar-refractivity contribution in [1.82, 2.24) is 14.9 Å². The molecular weight excluding hydrogens is 322 g/mol. The van der Waals surface area contributed by atoms with Crippen LogP contribution in [0.1, 0.15) is 0 Å². The van der Waals surface area contributed by atoms with E-state index in [-0.39, 0.29) is 0 Å². The summed E-state index contributed by atoms with van der Waals surface area (Å²) in [6.07, 6.45) is 0. The Hall–Kier alpha value is -2.98. The summed E-state index contributed by atoms with van der Waals surface area (Å²) in [5.74, 6) is 0.909. The molecule has 0 radical (unpaired) electrons. The predicted molar refractivity (Wildman–Crippen MR) is 109 cm³/mol. The Morgan fingerprint density at radius 2 is 1.31 bits per heavy atom. The number of H-pyrrole nitrogens is 2. The molecule has 130 valence electrons. The van der Waals surface area contributed by atoms with Gasteiger partial charge in [0.05, 0.1) is 11.0 Å². The average molecular weight is 343 g/mol. The maximum atomic E-state index is 6.30. The molecule has 0 saturated carbocycles. The first kappa shape index (κ1) is 15.3. The molecule has 0 spiro atoms. The summed E-state index contributed by atoms with van der Waals surface area (Å²) >= 11 is 0. The van der Waals surface area contributed by atoms with Gasteiger partial charge in [-0.2, -0.15) is 0 Å². The van der Waals surface area contributed by atoms with E-state index in [2.05, 4.69) is 83.6 Å². The van der Waals surface area contributed by atoms with Crippen LogP contribution in [0, 0.1) is 0 Å².